The molecule has 1 amide bonds. The molecule has 3 aromatic rings. The number of aromatic nitrogens is 4. The molecule has 2 aromatic heterocycles. The third-order valence-corrected chi connectivity index (χ3v) is 3.32. The van der Waals surface area contributed by atoms with Crippen LogP contribution in [0.2, 0.25) is 0 Å². The lowest BCUT2D eigenvalue weighted by Gasteiger charge is -2.14. The monoisotopic (exact) mass is 281 g/mol. The second-order valence-corrected chi connectivity index (χ2v) is 4.76. The molecule has 1 N–H and O–H groups in total. The minimum Gasteiger partial charge on any atom is -0.308 e. The zero-order valence-corrected chi connectivity index (χ0v) is 11.8. The molecule has 1 aromatic carbocycles. The fourth-order valence-corrected chi connectivity index (χ4v) is 2.15. The molecule has 6 nitrogen and oxygen atoms in total. The molecule has 0 aliphatic carbocycles. The Morgan fingerprint density at radius 2 is 2.00 bits per heavy atom. The molecule has 106 valence electrons. The minimum absolute atomic E-state index is 0.129. The molecule has 0 atom stereocenters. The summed E-state index contributed by atoms with van der Waals surface area (Å²) in [4.78, 5) is 14.2. The summed E-state index contributed by atoms with van der Waals surface area (Å²) in [6.45, 7) is 0. The molecular formula is C15H15N5O. The first-order valence-electron chi connectivity index (χ1n) is 6.52. The number of aryl methyl sites for hydroxylation is 1. The molecule has 3 rings (SSSR count). The van der Waals surface area contributed by atoms with E-state index in [0.717, 1.165) is 16.9 Å². The van der Waals surface area contributed by atoms with Gasteiger partial charge < -0.3 is 4.90 Å². The predicted molar refractivity (Wildman–Crippen MR) is 80.0 cm³/mol. The Morgan fingerprint density at radius 1 is 1.24 bits per heavy atom. The molecule has 0 saturated heterocycles. The second-order valence-electron chi connectivity index (χ2n) is 4.76. The lowest BCUT2D eigenvalue weighted by atomic mass is 10.1. The van der Waals surface area contributed by atoms with Gasteiger partial charge in [0.15, 0.2) is 0 Å². The molecule has 0 saturated carbocycles. The van der Waals surface area contributed by atoms with Crippen LogP contribution in [0.3, 0.4) is 0 Å². The summed E-state index contributed by atoms with van der Waals surface area (Å²) < 4.78 is 1.66. The summed E-state index contributed by atoms with van der Waals surface area (Å²) in [5, 5.41) is 11.0. The van der Waals surface area contributed by atoms with E-state index in [1.54, 1.807) is 35.2 Å². The van der Waals surface area contributed by atoms with E-state index in [0.29, 0.717) is 5.56 Å². The second kappa shape index (κ2) is 5.24. The van der Waals surface area contributed by atoms with Crippen LogP contribution in [-0.2, 0) is 7.05 Å². The highest BCUT2D eigenvalue weighted by Crippen LogP contribution is 2.23. The number of carbonyl (C=O) groups excluding carboxylic acids is 1. The molecule has 2 heterocycles. The minimum atomic E-state index is -0.129. The molecule has 0 bridgehead atoms. The maximum Gasteiger partial charge on any atom is 0.261 e. The van der Waals surface area contributed by atoms with Crippen molar-refractivity contribution in [1.82, 2.24) is 20.0 Å². The third kappa shape index (κ3) is 2.43. The van der Waals surface area contributed by atoms with Gasteiger partial charge in [0.25, 0.3) is 5.91 Å². The smallest absolute Gasteiger partial charge is 0.261 e. The van der Waals surface area contributed by atoms with E-state index >= 15 is 0 Å². The van der Waals surface area contributed by atoms with Gasteiger partial charge in [0.2, 0.25) is 0 Å². The summed E-state index contributed by atoms with van der Waals surface area (Å²) in [6, 6.07) is 9.66. The Kier molecular flexibility index (Phi) is 3.27. The predicted octanol–water partition coefficient (Wildman–Crippen LogP) is 2.09. The van der Waals surface area contributed by atoms with Crippen LogP contribution in [0.15, 0.2) is 48.9 Å². The number of anilines is 1. The van der Waals surface area contributed by atoms with E-state index in [9.17, 15) is 4.79 Å². The zero-order chi connectivity index (χ0) is 14.8. The maximum atomic E-state index is 12.6. The van der Waals surface area contributed by atoms with Gasteiger partial charge in [-0.3, -0.25) is 14.6 Å². The summed E-state index contributed by atoms with van der Waals surface area (Å²) in [6.07, 6.45) is 5.00. The van der Waals surface area contributed by atoms with Crippen LogP contribution in [0.25, 0.3) is 11.3 Å². The van der Waals surface area contributed by atoms with Gasteiger partial charge in [0.1, 0.15) is 0 Å². The number of aromatic amines is 1. The molecule has 6 heteroatoms. The van der Waals surface area contributed by atoms with Crippen molar-refractivity contribution in [3.05, 3.63) is 54.5 Å². The normalized spacial score (nSPS) is 10.6. The summed E-state index contributed by atoms with van der Waals surface area (Å²) in [5.41, 5.74) is 2.92. The highest BCUT2D eigenvalue weighted by atomic mass is 16.2. The van der Waals surface area contributed by atoms with Crippen molar-refractivity contribution < 1.29 is 4.79 Å². The van der Waals surface area contributed by atoms with E-state index < -0.39 is 0 Å². The van der Waals surface area contributed by atoms with Crippen LogP contribution in [0.5, 0.6) is 0 Å². The maximum absolute atomic E-state index is 12.6. The fourth-order valence-electron chi connectivity index (χ4n) is 2.15. The van der Waals surface area contributed by atoms with E-state index in [1.807, 2.05) is 37.4 Å². The van der Waals surface area contributed by atoms with Crippen LogP contribution in [-0.4, -0.2) is 32.9 Å². The molecule has 0 unspecified atom stereocenters. The molecule has 0 spiro atoms. The van der Waals surface area contributed by atoms with Gasteiger partial charge in [-0.1, -0.05) is 30.3 Å². The number of nitrogens with zero attached hydrogens (tertiary/aromatic N) is 4. The number of hydrogen-bond donors (Lipinski definition) is 1. The van der Waals surface area contributed by atoms with Gasteiger partial charge in [-0.25, -0.2) is 0 Å². The summed E-state index contributed by atoms with van der Waals surface area (Å²) in [7, 11) is 3.54. The Hall–Kier alpha value is -2.89. The lowest BCUT2D eigenvalue weighted by Crippen LogP contribution is -2.26. The van der Waals surface area contributed by atoms with Crippen molar-refractivity contribution in [3.8, 4) is 11.3 Å². The first kappa shape index (κ1) is 13.1. The van der Waals surface area contributed by atoms with Crippen molar-refractivity contribution in [3.63, 3.8) is 0 Å². The highest BCUT2D eigenvalue weighted by Gasteiger charge is 2.20. The summed E-state index contributed by atoms with van der Waals surface area (Å²) in [5.74, 6) is -0.129. The van der Waals surface area contributed by atoms with Crippen molar-refractivity contribution in [1.29, 1.82) is 0 Å². The van der Waals surface area contributed by atoms with Crippen LogP contribution in [0.4, 0.5) is 5.69 Å². The Labute approximate surface area is 122 Å². The van der Waals surface area contributed by atoms with Gasteiger partial charge in [-0.2, -0.15) is 10.2 Å². The van der Waals surface area contributed by atoms with Gasteiger partial charge in [0, 0.05) is 25.9 Å². The Morgan fingerprint density at radius 3 is 2.67 bits per heavy atom. The molecule has 0 aliphatic heterocycles. The number of H-pyrrole nitrogens is 1. The number of carbonyl (C=O) groups is 1. The Bertz CT molecular complexity index is 759. The third-order valence-electron chi connectivity index (χ3n) is 3.32. The van der Waals surface area contributed by atoms with Gasteiger partial charge >= 0.3 is 0 Å². The Balaban J connectivity index is 1.95. The van der Waals surface area contributed by atoms with Crippen molar-refractivity contribution >= 4 is 11.6 Å². The standard InChI is InChI=1S/C15H15N5O/c1-19-10-12(8-17-19)20(2)15(21)13-9-16-18-14(13)11-6-4-3-5-7-11/h3-10H,1-2H3,(H,16,18). The van der Waals surface area contributed by atoms with E-state index in [4.69, 9.17) is 0 Å². The van der Waals surface area contributed by atoms with Crippen molar-refractivity contribution in [2.75, 3.05) is 11.9 Å². The first-order chi connectivity index (χ1) is 10.2. The first-order valence-corrected chi connectivity index (χ1v) is 6.52. The highest BCUT2D eigenvalue weighted by molar-refractivity contribution is 6.09. The van der Waals surface area contributed by atoms with E-state index in [-0.39, 0.29) is 5.91 Å². The molecule has 0 radical (unpaired) electrons. The molecular weight excluding hydrogens is 266 g/mol. The topological polar surface area (TPSA) is 66.8 Å². The van der Waals surface area contributed by atoms with Crippen molar-refractivity contribution in [2.24, 2.45) is 7.05 Å². The average molecular weight is 281 g/mol. The number of rotatable bonds is 3. The van der Waals surface area contributed by atoms with Crippen LogP contribution in [0.1, 0.15) is 10.4 Å². The molecule has 0 aliphatic rings. The number of nitrogens with one attached hydrogen (secondary N) is 1. The zero-order valence-electron chi connectivity index (χ0n) is 11.8. The van der Waals surface area contributed by atoms with E-state index in [2.05, 4.69) is 15.3 Å². The summed E-state index contributed by atoms with van der Waals surface area (Å²) >= 11 is 0. The van der Waals surface area contributed by atoms with Crippen LogP contribution in [0, 0.1) is 0 Å². The number of hydrogen-bond acceptors (Lipinski definition) is 3. The van der Waals surface area contributed by atoms with Crippen molar-refractivity contribution in [2.45, 2.75) is 0 Å². The van der Waals surface area contributed by atoms with Crippen LogP contribution < -0.4 is 4.90 Å². The average Bonchev–Trinajstić information content (AvgIpc) is 3.15. The van der Waals surface area contributed by atoms with Gasteiger partial charge in [0.05, 0.1) is 29.3 Å². The SMILES string of the molecule is CN(C(=O)c1cn[nH]c1-c1ccccc1)c1cnn(C)c1. The quantitative estimate of drug-likeness (QED) is 0.799. The number of amides is 1. The van der Waals surface area contributed by atoms with Gasteiger partial charge in [-0.05, 0) is 0 Å². The number of benzene rings is 1. The lowest BCUT2D eigenvalue weighted by molar-refractivity contribution is 0.0993. The van der Waals surface area contributed by atoms with Gasteiger partial charge in [-0.15, -0.1) is 0 Å². The molecule has 21 heavy (non-hydrogen) atoms. The largest absolute Gasteiger partial charge is 0.308 e. The molecule has 0 fully saturated rings. The van der Waals surface area contributed by atoms with Crippen LogP contribution >= 0.6 is 0 Å². The fraction of sp³-hybridized carbons (Fsp3) is 0.133. The van der Waals surface area contributed by atoms with E-state index in [1.165, 1.54) is 0 Å².